The Morgan fingerprint density at radius 2 is 1.67 bits per heavy atom. The van der Waals surface area contributed by atoms with Crippen LogP contribution in [0.25, 0.3) is 0 Å². The maximum absolute atomic E-state index is 9.92. The molecule has 36 valence electrons. The van der Waals surface area contributed by atoms with Crippen LogP contribution in [-0.2, 0) is 0 Å². The third kappa shape index (κ3) is 2.37. The number of hydrogen-bond acceptors (Lipinski definition) is 1. The van der Waals surface area contributed by atoms with Crippen LogP contribution in [0.1, 0.15) is 0 Å². The lowest BCUT2D eigenvalue weighted by Crippen LogP contribution is -2.19. The molecule has 6 heavy (non-hydrogen) atoms. The molecule has 0 fully saturated rings. The number of carbonyl (C=O) groups excluding carboxylic acids is 1. The summed E-state index contributed by atoms with van der Waals surface area (Å²) in [5.41, 5.74) is 0. The molecular weight excluding hydrogens is 118 g/mol. The van der Waals surface area contributed by atoms with Crippen LogP contribution in [0.5, 0.6) is 0 Å². The van der Waals surface area contributed by atoms with Crippen molar-refractivity contribution in [2.45, 2.75) is 0 Å². The summed E-state index contributed by atoms with van der Waals surface area (Å²) in [7, 11) is 4.13. The molecule has 0 spiro atoms. The van der Waals surface area contributed by atoms with Crippen LogP contribution in [-0.4, -0.2) is 6.03 Å². The van der Waals surface area contributed by atoms with Crippen molar-refractivity contribution in [3.05, 3.63) is 0 Å². The van der Waals surface area contributed by atoms with E-state index in [1.807, 2.05) is 0 Å². The Hall–Kier alpha value is 0.130. The second-order valence-corrected chi connectivity index (χ2v) is 1.20. The highest BCUT2D eigenvalue weighted by atomic mass is 31.0. The van der Waals surface area contributed by atoms with Crippen molar-refractivity contribution in [3.8, 4) is 0 Å². The number of rotatable bonds is 0. The van der Waals surface area contributed by atoms with Gasteiger partial charge in [0.25, 0.3) is 0 Å². The fourth-order valence-corrected chi connectivity index (χ4v) is 0.375. The number of amides is 2. The Morgan fingerprint density at radius 1 is 1.33 bits per heavy atom. The average Bonchev–Trinajstić information content (AvgIpc) is 1.65. The lowest BCUT2D eigenvalue weighted by Gasteiger charge is -1.90. The predicted molar refractivity (Wildman–Crippen MR) is 31.1 cm³/mol. The van der Waals surface area contributed by atoms with E-state index in [0.29, 0.717) is 0 Å². The minimum Gasteiger partial charge on any atom is -0.323 e. The van der Waals surface area contributed by atoms with E-state index >= 15 is 0 Å². The molecule has 2 N–H and O–H groups in total. The average molecular weight is 124 g/mol. The van der Waals surface area contributed by atoms with E-state index in [1.54, 1.807) is 0 Å². The van der Waals surface area contributed by atoms with Gasteiger partial charge in [0.2, 0.25) is 0 Å². The molecule has 0 aromatic heterocycles. The van der Waals surface area contributed by atoms with Crippen molar-refractivity contribution in [2.24, 2.45) is 0 Å². The van der Waals surface area contributed by atoms with E-state index in [-0.39, 0.29) is 6.03 Å². The summed E-state index contributed by atoms with van der Waals surface area (Å²) >= 11 is 0. The lowest BCUT2D eigenvalue weighted by molar-refractivity contribution is 0.252. The first kappa shape index (κ1) is 6.13. The van der Waals surface area contributed by atoms with Crippen LogP contribution in [0, 0.1) is 0 Å². The molecule has 0 saturated heterocycles. The van der Waals surface area contributed by atoms with Crippen LogP contribution in [0.3, 0.4) is 0 Å². The normalized spacial score (nSPS) is 7.00. The molecule has 0 aliphatic carbocycles. The summed E-state index contributed by atoms with van der Waals surface area (Å²) in [5, 5.41) is 4.52. The first-order valence-electron chi connectivity index (χ1n) is 1.28. The molecule has 0 saturated carbocycles. The topological polar surface area (TPSA) is 41.1 Å². The van der Waals surface area contributed by atoms with Crippen molar-refractivity contribution in [1.82, 2.24) is 10.2 Å². The summed E-state index contributed by atoms with van der Waals surface area (Å²) in [6.07, 6.45) is 0. The van der Waals surface area contributed by atoms with Crippen molar-refractivity contribution in [2.75, 3.05) is 0 Å². The fraction of sp³-hybridized carbons (Fsp3) is 0. The molecule has 0 bridgehead atoms. The van der Waals surface area contributed by atoms with Crippen molar-refractivity contribution in [3.63, 3.8) is 0 Å². The molecule has 0 aliphatic heterocycles. The number of hydrogen-bond donors (Lipinski definition) is 2. The highest BCUT2D eigenvalue weighted by Crippen LogP contribution is 1.72. The van der Waals surface area contributed by atoms with Gasteiger partial charge in [0.15, 0.2) is 0 Å². The molecule has 2 amide bonds. The van der Waals surface area contributed by atoms with E-state index in [2.05, 4.69) is 29.0 Å². The van der Waals surface area contributed by atoms with Gasteiger partial charge < -0.3 is 10.2 Å². The van der Waals surface area contributed by atoms with Gasteiger partial charge in [0.05, 0.1) is 0 Å². The second-order valence-electron chi connectivity index (χ2n) is 0.618. The first-order chi connectivity index (χ1) is 2.81. The number of urea groups is 1. The maximum atomic E-state index is 9.92. The monoisotopic (exact) mass is 124 g/mol. The third-order valence-electron chi connectivity index (χ3n) is 0.262. The van der Waals surface area contributed by atoms with Gasteiger partial charge in [0, 0.05) is 0 Å². The lowest BCUT2D eigenvalue weighted by atomic mass is 11.2. The van der Waals surface area contributed by atoms with Gasteiger partial charge >= 0.3 is 6.03 Å². The van der Waals surface area contributed by atoms with E-state index in [4.69, 9.17) is 0 Å². The summed E-state index contributed by atoms with van der Waals surface area (Å²) in [6.45, 7) is 0. The van der Waals surface area contributed by atoms with Crippen LogP contribution < -0.4 is 10.2 Å². The van der Waals surface area contributed by atoms with Crippen LogP contribution in [0.15, 0.2) is 0 Å². The smallest absolute Gasteiger partial charge is 0.320 e. The van der Waals surface area contributed by atoms with Crippen LogP contribution in [0.2, 0.25) is 0 Å². The molecule has 2 unspecified atom stereocenters. The Morgan fingerprint density at radius 3 is 1.67 bits per heavy atom. The summed E-state index contributed by atoms with van der Waals surface area (Å²) < 4.78 is 0. The zero-order valence-electron chi connectivity index (χ0n) is 3.06. The Kier molecular flexibility index (Phi) is 3.40. The van der Waals surface area contributed by atoms with E-state index in [1.165, 1.54) is 0 Å². The molecule has 0 aromatic carbocycles. The van der Waals surface area contributed by atoms with Crippen molar-refractivity contribution >= 4 is 24.8 Å². The van der Waals surface area contributed by atoms with Gasteiger partial charge in [0.1, 0.15) is 0 Å². The van der Waals surface area contributed by atoms with Gasteiger partial charge in [-0.25, -0.2) is 4.79 Å². The van der Waals surface area contributed by atoms with Crippen LogP contribution in [0.4, 0.5) is 4.79 Å². The van der Waals surface area contributed by atoms with Crippen molar-refractivity contribution < 1.29 is 4.79 Å². The highest BCUT2D eigenvalue weighted by Gasteiger charge is 1.82. The molecule has 0 radical (unpaired) electrons. The molecule has 0 aromatic rings. The quantitative estimate of drug-likeness (QED) is 0.434. The molecule has 3 nitrogen and oxygen atoms in total. The third-order valence-corrected chi connectivity index (χ3v) is 0.787. The zero-order chi connectivity index (χ0) is 4.99. The summed E-state index contributed by atoms with van der Waals surface area (Å²) in [5.74, 6) is 0. The molecular formula is CH6N2OP2. The maximum Gasteiger partial charge on any atom is 0.320 e. The molecule has 0 rings (SSSR count). The minimum absolute atomic E-state index is 0.231. The SMILES string of the molecule is O=C(NP)NP. The summed E-state index contributed by atoms with van der Waals surface area (Å²) in [4.78, 5) is 9.92. The van der Waals surface area contributed by atoms with Crippen LogP contribution >= 0.6 is 18.8 Å². The minimum atomic E-state index is -0.231. The van der Waals surface area contributed by atoms with Gasteiger partial charge in [-0.05, 0) is 18.8 Å². The van der Waals surface area contributed by atoms with E-state index in [9.17, 15) is 4.79 Å². The second kappa shape index (κ2) is 3.32. The largest absolute Gasteiger partial charge is 0.323 e. The summed E-state index contributed by atoms with van der Waals surface area (Å²) in [6, 6.07) is -0.231. The van der Waals surface area contributed by atoms with Gasteiger partial charge in [-0.2, -0.15) is 0 Å². The van der Waals surface area contributed by atoms with E-state index < -0.39 is 0 Å². The molecule has 5 heteroatoms. The standard InChI is InChI=1S/CH6N2OP2/c4-1(2-5)3-6/h5-6H2,(H2,2,3,4). The molecule has 2 atom stereocenters. The van der Waals surface area contributed by atoms with Gasteiger partial charge in [-0.15, -0.1) is 0 Å². The number of nitrogens with one attached hydrogen (secondary N) is 2. The van der Waals surface area contributed by atoms with E-state index in [0.717, 1.165) is 0 Å². The zero-order valence-corrected chi connectivity index (χ0v) is 5.37. The first-order valence-corrected chi connectivity index (χ1v) is 2.44. The fourth-order valence-electron chi connectivity index (χ4n) is 0.0417. The molecule has 0 heterocycles. The number of carbonyl (C=O) groups is 1. The van der Waals surface area contributed by atoms with Crippen molar-refractivity contribution in [1.29, 1.82) is 0 Å². The molecule has 0 aliphatic rings. The Bertz CT molecular complexity index is 49.5. The van der Waals surface area contributed by atoms with Gasteiger partial charge in [-0.3, -0.25) is 0 Å². The van der Waals surface area contributed by atoms with Gasteiger partial charge in [-0.1, -0.05) is 0 Å². The Labute approximate surface area is 40.8 Å². The highest BCUT2D eigenvalue weighted by molar-refractivity contribution is 7.17. The predicted octanol–water partition coefficient (Wildman–Crippen LogP) is -0.134. The Balaban J connectivity index is 2.99.